The summed E-state index contributed by atoms with van der Waals surface area (Å²) in [7, 11) is -3.20. The first kappa shape index (κ1) is 12.2. The van der Waals surface area contributed by atoms with Gasteiger partial charge in [0.1, 0.15) is 0 Å². The van der Waals surface area contributed by atoms with Crippen molar-refractivity contribution in [1.82, 2.24) is 0 Å². The van der Waals surface area contributed by atoms with E-state index in [0.717, 1.165) is 24.8 Å². The fourth-order valence-corrected chi connectivity index (χ4v) is 5.15. The third-order valence-corrected chi connectivity index (χ3v) is 7.06. The highest BCUT2D eigenvalue weighted by atomic mass is 32.2. The van der Waals surface area contributed by atoms with E-state index in [1.165, 1.54) is 11.1 Å². The number of sulfone groups is 1. The van der Waals surface area contributed by atoms with Crippen molar-refractivity contribution in [2.24, 2.45) is 11.7 Å². The number of hydrogen-bond acceptors (Lipinski definition) is 3. The molecule has 0 amide bonds. The quantitative estimate of drug-likeness (QED) is 0.780. The summed E-state index contributed by atoms with van der Waals surface area (Å²) in [5, 5.41) is -0.389. The van der Waals surface area contributed by atoms with Crippen LogP contribution in [0.5, 0.6) is 0 Å². The Labute approximate surface area is 108 Å². The van der Waals surface area contributed by atoms with Crippen LogP contribution in [0.4, 0.5) is 0 Å². The zero-order valence-corrected chi connectivity index (χ0v) is 11.6. The molecule has 98 valence electrons. The maximum Gasteiger partial charge on any atom is 0.181 e. The highest BCUT2D eigenvalue weighted by Crippen LogP contribution is 2.41. The van der Waals surface area contributed by atoms with Crippen LogP contribution in [0.25, 0.3) is 0 Å². The van der Waals surface area contributed by atoms with E-state index in [-0.39, 0.29) is 17.2 Å². The average Bonchev–Trinajstić information content (AvgIpc) is 2.80. The predicted molar refractivity (Wildman–Crippen MR) is 71.2 cm³/mol. The highest BCUT2D eigenvalue weighted by molar-refractivity contribution is 7.92. The van der Waals surface area contributed by atoms with Crippen LogP contribution in [-0.2, 0) is 22.7 Å². The molecule has 0 aromatic heterocycles. The lowest BCUT2D eigenvalue weighted by molar-refractivity contribution is 0.425. The number of rotatable bonds is 0. The van der Waals surface area contributed by atoms with E-state index in [1.807, 2.05) is 19.1 Å². The van der Waals surface area contributed by atoms with Gasteiger partial charge in [0.2, 0.25) is 0 Å². The van der Waals surface area contributed by atoms with Crippen LogP contribution in [0, 0.1) is 5.92 Å². The number of benzene rings is 1. The fourth-order valence-electron chi connectivity index (χ4n) is 3.19. The van der Waals surface area contributed by atoms with Crippen LogP contribution in [0.1, 0.15) is 43.0 Å². The van der Waals surface area contributed by atoms with Crippen LogP contribution in [-0.4, -0.2) is 13.7 Å². The Bertz CT molecular complexity index is 606. The molecule has 0 spiro atoms. The van der Waals surface area contributed by atoms with Gasteiger partial charge in [0, 0.05) is 6.04 Å². The second kappa shape index (κ2) is 3.81. The van der Waals surface area contributed by atoms with Gasteiger partial charge >= 0.3 is 0 Å². The van der Waals surface area contributed by atoms with Crippen molar-refractivity contribution in [2.75, 3.05) is 0 Å². The molecule has 2 N–H and O–H groups in total. The lowest BCUT2D eigenvalue weighted by atomic mass is 9.90. The molecule has 18 heavy (non-hydrogen) atoms. The van der Waals surface area contributed by atoms with Crippen molar-refractivity contribution in [2.45, 2.75) is 49.3 Å². The number of nitrogens with two attached hydrogens (primary N) is 1. The van der Waals surface area contributed by atoms with Crippen molar-refractivity contribution in [3.8, 4) is 0 Å². The van der Waals surface area contributed by atoms with E-state index in [2.05, 4.69) is 0 Å². The minimum Gasteiger partial charge on any atom is -0.324 e. The Morgan fingerprint density at radius 1 is 1.17 bits per heavy atom. The maximum atomic E-state index is 12.5. The van der Waals surface area contributed by atoms with Crippen LogP contribution in [0.15, 0.2) is 17.0 Å². The van der Waals surface area contributed by atoms with Crippen molar-refractivity contribution in [3.05, 3.63) is 28.8 Å². The summed E-state index contributed by atoms with van der Waals surface area (Å²) in [5.74, 6) is -0.0260. The number of aryl methyl sites for hydroxylation is 2. The summed E-state index contributed by atoms with van der Waals surface area (Å²) >= 11 is 0. The van der Waals surface area contributed by atoms with Gasteiger partial charge in [-0.2, -0.15) is 0 Å². The Hall–Kier alpha value is -0.870. The minimum atomic E-state index is -3.20. The molecule has 3 unspecified atom stereocenters. The maximum absolute atomic E-state index is 12.5. The van der Waals surface area contributed by atoms with Gasteiger partial charge in [-0.3, -0.25) is 0 Å². The molecule has 0 bridgehead atoms. The van der Waals surface area contributed by atoms with E-state index in [1.54, 1.807) is 6.92 Å². The monoisotopic (exact) mass is 265 g/mol. The third-order valence-electron chi connectivity index (χ3n) is 4.69. The molecule has 1 aliphatic heterocycles. The van der Waals surface area contributed by atoms with Gasteiger partial charge in [0.25, 0.3) is 0 Å². The Morgan fingerprint density at radius 3 is 2.44 bits per heavy atom. The molecule has 0 saturated heterocycles. The van der Waals surface area contributed by atoms with Gasteiger partial charge < -0.3 is 5.73 Å². The molecule has 1 heterocycles. The second-order valence-electron chi connectivity index (χ2n) is 5.65. The second-order valence-corrected chi connectivity index (χ2v) is 7.92. The summed E-state index contributed by atoms with van der Waals surface area (Å²) in [6.45, 7) is 3.71. The van der Waals surface area contributed by atoms with Crippen molar-refractivity contribution >= 4 is 9.84 Å². The number of hydrogen-bond donors (Lipinski definition) is 1. The third kappa shape index (κ3) is 1.48. The van der Waals surface area contributed by atoms with E-state index >= 15 is 0 Å². The molecule has 3 atom stereocenters. The molecule has 3 rings (SSSR count). The van der Waals surface area contributed by atoms with Crippen molar-refractivity contribution < 1.29 is 8.42 Å². The van der Waals surface area contributed by atoms with Gasteiger partial charge in [0.15, 0.2) is 9.84 Å². The normalized spacial score (nSPS) is 32.9. The lowest BCUT2D eigenvalue weighted by Gasteiger charge is -2.34. The molecule has 3 nitrogen and oxygen atoms in total. The van der Waals surface area contributed by atoms with Gasteiger partial charge in [-0.05, 0) is 54.9 Å². The SMILES string of the molecule is CC1C(N)c2cc3c(cc2S(=O)(=O)C1C)CCC3. The summed E-state index contributed by atoms with van der Waals surface area (Å²) in [4.78, 5) is 0.487. The lowest BCUT2D eigenvalue weighted by Crippen LogP contribution is -2.39. The number of fused-ring (bicyclic) bond motifs is 2. The smallest absolute Gasteiger partial charge is 0.181 e. The summed E-state index contributed by atoms with van der Waals surface area (Å²) in [6.07, 6.45) is 3.18. The van der Waals surface area contributed by atoms with Crippen molar-refractivity contribution in [1.29, 1.82) is 0 Å². The van der Waals surface area contributed by atoms with Crippen LogP contribution < -0.4 is 5.73 Å². The fraction of sp³-hybridized carbons (Fsp3) is 0.571. The van der Waals surface area contributed by atoms with Gasteiger partial charge in [-0.15, -0.1) is 0 Å². The zero-order valence-electron chi connectivity index (χ0n) is 10.8. The van der Waals surface area contributed by atoms with E-state index in [4.69, 9.17) is 5.73 Å². The summed E-state index contributed by atoms with van der Waals surface area (Å²) < 4.78 is 25.0. The molecular weight excluding hydrogens is 246 g/mol. The zero-order chi connectivity index (χ0) is 13.1. The average molecular weight is 265 g/mol. The van der Waals surface area contributed by atoms with E-state index in [0.29, 0.717) is 4.90 Å². The highest BCUT2D eigenvalue weighted by Gasteiger charge is 2.40. The Kier molecular flexibility index (Phi) is 2.58. The van der Waals surface area contributed by atoms with Gasteiger partial charge in [-0.1, -0.05) is 13.0 Å². The first-order valence-electron chi connectivity index (χ1n) is 6.58. The minimum absolute atomic E-state index is 0.0260. The van der Waals surface area contributed by atoms with Gasteiger partial charge in [0.05, 0.1) is 10.1 Å². The molecule has 1 aromatic rings. The van der Waals surface area contributed by atoms with E-state index in [9.17, 15) is 8.42 Å². The van der Waals surface area contributed by atoms with E-state index < -0.39 is 9.84 Å². The Balaban J connectivity index is 2.28. The molecule has 1 aromatic carbocycles. The standard InChI is InChI=1S/C14H19NO2S/c1-8-9(2)18(16,17)13-7-11-5-3-4-10(11)6-12(13)14(8)15/h6-9,14H,3-5,15H2,1-2H3. The van der Waals surface area contributed by atoms with Crippen LogP contribution in [0.2, 0.25) is 0 Å². The molecule has 0 fully saturated rings. The first-order valence-corrected chi connectivity index (χ1v) is 8.12. The molecular formula is C14H19NO2S. The first-order chi connectivity index (χ1) is 8.43. The van der Waals surface area contributed by atoms with Crippen molar-refractivity contribution in [3.63, 3.8) is 0 Å². The van der Waals surface area contributed by atoms with Crippen LogP contribution in [0.3, 0.4) is 0 Å². The topological polar surface area (TPSA) is 60.2 Å². The summed E-state index contributed by atoms with van der Waals surface area (Å²) in [6, 6.07) is 3.77. The molecule has 2 aliphatic rings. The van der Waals surface area contributed by atoms with Crippen LogP contribution >= 0.6 is 0 Å². The summed E-state index contributed by atoms with van der Waals surface area (Å²) in [5.41, 5.74) is 9.56. The predicted octanol–water partition coefficient (Wildman–Crippen LogP) is 1.99. The molecule has 0 radical (unpaired) electrons. The largest absolute Gasteiger partial charge is 0.324 e. The molecule has 1 aliphatic carbocycles. The molecule has 4 heteroatoms. The Morgan fingerprint density at radius 2 is 1.78 bits per heavy atom. The van der Waals surface area contributed by atoms with Gasteiger partial charge in [-0.25, -0.2) is 8.42 Å². The molecule has 0 saturated carbocycles.